The van der Waals surface area contributed by atoms with Gasteiger partial charge in [0.2, 0.25) is 11.8 Å². The number of hydrogen-bond acceptors (Lipinski definition) is 3. The third-order valence-corrected chi connectivity index (χ3v) is 9.36. The number of carbonyl (C=O) groups excluding carboxylic acids is 2. The number of nitrogens with one attached hydrogen (secondary N) is 1. The van der Waals surface area contributed by atoms with Crippen molar-refractivity contribution < 1.29 is 9.59 Å². The first-order valence-corrected chi connectivity index (χ1v) is 9.94. The second-order valence-electron chi connectivity index (χ2n) is 8.94. The van der Waals surface area contributed by atoms with Crippen LogP contribution in [0.4, 0.5) is 0 Å². The maximum atomic E-state index is 12.9. The van der Waals surface area contributed by atoms with Gasteiger partial charge in [-0.25, -0.2) is 0 Å². The van der Waals surface area contributed by atoms with Gasteiger partial charge in [-0.15, -0.1) is 11.8 Å². The highest BCUT2D eigenvalue weighted by atomic mass is 32.2. The molecule has 4 fully saturated rings. The second-order valence-corrected chi connectivity index (χ2v) is 10.4. The van der Waals surface area contributed by atoms with E-state index in [0.29, 0.717) is 11.8 Å². The molecule has 4 aliphatic rings. The summed E-state index contributed by atoms with van der Waals surface area (Å²) >= 11 is 1.77. The smallest absolute Gasteiger partial charge is 0.243 e. The summed E-state index contributed by atoms with van der Waals surface area (Å²) in [6.07, 6.45) is 5.05. The first-order chi connectivity index (χ1) is 10.7. The molecular weight excluding hydrogens is 308 g/mol. The van der Waals surface area contributed by atoms with Gasteiger partial charge in [0.15, 0.2) is 0 Å². The molecule has 2 aliphatic carbocycles. The number of carbonyl (C=O) groups is 2. The van der Waals surface area contributed by atoms with Crippen molar-refractivity contribution in [3.63, 3.8) is 0 Å². The van der Waals surface area contributed by atoms with E-state index in [9.17, 15) is 9.59 Å². The van der Waals surface area contributed by atoms with E-state index in [2.05, 4.69) is 33.0 Å². The lowest BCUT2D eigenvalue weighted by molar-refractivity contribution is -0.138. The molecule has 0 radical (unpaired) electrons. The Hall–Kier alpha value is -0.710. The fourth-order valence-electron chi connectivity index (χ4n) is 5.70. The molecule has 5 atom stereocenters. The highest BCUT2D eigenvalue weighted by Crippen LogP contribution is 2.65. The summed E-state index contributed by atoms with van der Waals surface area (Å²) in [6, 6.07) is -0.0100. The third kappa shape index (κ3) is 1.92. The molecule has 1 N–H and O–H groups in total. The van der Waals surface area contributed by atoms with E-state index >= 15 is 0 Å². The maximum absolute atomic E-state index is 12.9. The Bertz CT molecular complexity index is 577. The van der Waals surface area contributed by atoms with Crippen molar-refractivity contribution in [1.29, 1.82) is 0 Å². The van der Waals surface area contributed by atoms with Crippen LogP contribution < -0.4 is 5.32 Å². The van der Waals surface area contributed by atoms with Gasteiger partial charge in [0, 0.05) is 18.2 Å². The Morgan fingerprint density at radius 3 is 2.61 bits per heavy atom. The van der Waals surface area contributed by atoms with Crippen molar-refractivity contribution in [1.82, 2.24) is 10.2 Å². The fraction of sp³-hybridized carbons (Fsp3) is 0.889. The zero-order valence-corrected chi connectivity index (χ0v) is 15.5. The molecule has 23 heavy (non-hydrogen) atoms. The van der Waals surface area contributed by atoms with Crippen LogP contribution in [0.1, 0.15) is 59.8 Å². The summed E-state index contributed by atoms with van der Waals surface area (Å²) in [5, 5.41) is 3.35. The van der Waals surface area contributed by atoms with Gasteiger partial charge < -0.3 is 10.2 Å². The molecule has 2 heterocycles. The van der Waals surface area contributed by atoms with E-state index in [1.165, 1.54) is 12.8 Å². The Kier molecular flexibility index (Phi) is 3.21. The van der Waals surface area contributed by atoms with Gasteiger partial charge in [-0.05, 0) is 49.4 Å². The number of fused-ring (bicyclic) bond motifs is 3. The summed E-state index contributed by atoms with van der Waals surface area (Å²) in [5.41, 5.74) is 0.491. The predicted molar refractivity (Wildman–Crippen MR) is 91.9 cm³/mol. The van der Waals surface area contributed by atoms with Crippen molar-refractivity contribution in [2.75, 3.05) is 5.75 Å². The molecule has 2 saturated carbocycles. The number of nitrogens with zero attached hydrogens (tertiary/aromatic N) is 1. The zero-order chi connectivity index (χ0) is 16.6. The van der Waals surface area contributed by atoms with Crippen LogP contribution in [0.15, 0.2) is 0 Å². The van der Waals surface area contributed by atoms with Gasteiger partial charge in [0.05, 0.1) is 4.87 Å². The van der Waals surface area contributed by atoms with E-state index in [0.717, 1.165) is 24.5 Å². The molecule has 5 heteroatoms. The largest absolute Gasteiger partial charge is 0.351 e. The van der Waals surface area contributed by atoms with Crippen LogP contribution in [0, 0.1) is 16.7 Å². The van der Waals surface area contributed by atoms with E-state index in [1.807, 2.05) is 4.90 Å². The third-order valence-electron chi connectivity index (χ3n) is 7.86. The molecule has 2 bridgehead atoms. The second kappa shape index (κ2) is 4.68. The molecular formula is C18H28N2O2S. The van der Waals surface area contributed by atoms with Crippen LogP contribution in [0.25, 0.3) is 0 Å². The Balaban J connectivity index is 1.51. The predicted octanol–water partition coefficient (Wildman–Crippen LogP) is 2.77. The number of amides is 2. The highest BCUT2D eigenvalue weighted by molar-refractivity contribution is 8.01. The molecule has 2 amide bonds. The number of rotatable bonds is 2. The highest BCUT2D eigenvalue weighted by Gasteiger charge is 2.62. The average molecular weight is 337 g/mol. The van der Waals surface area contributed by atoms with Gasteiger partial charge in [-0.1, -0.05) is 20.8 Å². The average Bonchev–Trinajstić information content (AvgIpc) is 3.09. The van der Waals surface area contributed by atoms with Crippen LogP contribution in [0.3, 0.4) is 0 Å². The van der Waals surface area contributed by atoms with E-state index in [1.54, 1.807) is 11.8 Å². The molecule has 128 valence electrons. The molecule has 4 nitrogen and oxygen atoms in total. The Morgan fingerprint density at radius 1 is 1.26 bits per heavy atom. The van der Waals surface area contributed by atoms with E-state index in [-0.39, 0.29) is 34.2 Å². The molecule has 0 aromatic heterocycles. The normalized spacial score (nSPS) is 47.2. The lowest BCUT2D eigenvalue weighted by Crippen LogP contribution is -2.55. The van der Waals surface area contributed by atoms with Crippen molar-refractivity contribution in [2.45, 2.75) is 76.8 Å². The van der Waals surface area contributed by atoms with Crippen molar-refractivity contribution in [2.24, 2.45) is 16.7 Å². The minimum Gasteiger partial charge on any atom is -0.351 e. The summed E-state index contributed by atoms with van der Waals surface area (Å²) in [6.45, 7) is 9.18. The molecule has 0 spiro atoms. The molecule has 2 saturated heterocycles. The maximum Gasteiger partial charge on any atom is 0.243 e. The topological polar surface area (TPSA) is 49.4 Å². The van der Waals surface area contributed by atoms with E-state index in [4.69, 9.17) is 0 Å². The molecule has 4 rings (SSSR count). The number of thioether (sulfide) groups is 1. The Labute approximate surface area is 143 Å². The molecule has 0 aromatic carbocycles. The summed E-state index contributed by atoms with van der Waals surface area (Å²) in [4.78, 5) is 26.9. The number of hydrogen-bond donors (Lipinski definition) is 1. The summed E-state index contributed by atoms with van der Waals surface area (Å²) < 4.78 is 0. The summed E-state index contributed by atoms with van der Waals surface area (Å²) in [5.74, 6) is 1.68. The molecule has 0 aromatic rings. The fourth-order valence-corrected chi connectivity index (χ4v) is 7.14. The first kappa shape index (κ1) is 15.8. The van der Waals surface area contributed by atoms with Gasteiger partial charge in [-0.2, -0.15) is 0 Å². The standard InChI is InChI=1S/C18H28N2O2S/c1-16(2)11-5-7-17(16,3)13(9-11)19-15(22)12-10-23-18(4)8-6-14(21)20(12)18/h11-13H,5-10H2,1-4H3,(H,19,22)/t11-,12-,13-,17-,18+/m1/s1. The van der Waals surface area contributed by atoms with Crippen molar-refractivity contribution in [3.8, 4) is 0 Å². The van der Waals surface area contributed by atoms with Gasteiger partial charge >= 0.3 is 0 Å². The first-order valence-electron chi connectivity index (χ1n) is 8.95. The molecule has 2 aliphatic heterocycles. The van der Waals surface area contributed by atoms with Gasteiger partial charge in [0.25, 0.3) is 0 Å². The van der Waals surface area contributed by atoms with Crippen LogP contribution in [-0.4, -0.2) is 39.4 Å². The van der Waals surface area contributed by atoms with Crippen LogP contribution >= 0.6 is 11.8 Å². The van der Waals surface area contributed by atoms with Crippen molar-refractivity contribution >= 4 is 23.6 Å². The lowest BCUT2D eigenvalue weighted by atomic mass is 9.69. The van der Waals surface area contributed by atoms with Crippen LogP contribution in [-0.2, 0) is 9.59 Å². The lowest BCUT2D eigenvalue weighted by Gasteiger charge is -2.40. The molecule has 0 unspecified atom stereocenters. The van der Waals surface area contributed by atoms with Gasteiger partial charge in [0.1, 0.15) is 6.04 Å². The van der Waals surface area contributed by atoms with Crippen LogP contribution in [0.2, 0.25) is 0 Å². The SMILES string of the molecule is CC1(C)[C@@H]2CC[C@]1(C)[C@H](NC(=O)[C@H]1CS[C@@]3(C)CCC(=O)N13)C2. The quantitative estimate of drug-likeness (QED) is 0.843. The summed E-state index contributed by atoms with van der Waals surface area (Å²) in [7, 11) is 0. The van der Waals surface area contributed by atoms with Crippen LogP contribution in [0.5, 0.6) is 0 Å². The van der Waals surface area contributed by atoms with Gasteiger partial charge in [-0.3, -0.25) is 9.59 Å². The van der Waals surface area contributed by atoms with E-state index < -0.39 is 0 Å². The Morgan fingerprint density at radius 2 is 2.00 bits per heavy atom. The zero-order valence-electron chi connectivity index (χ0n) is 14.6. The monoisotopic (exact) mass is 336 g/mol. The minimum atomic E-state index is -0.272. The minimum absolute atomic E-state index is 0.0750. The van der Waals surface area contributed by atoms with Crippen molar-refractivity contribution in [3.05, 3.63) is 0 Å².